The average Bonchev–Trinajstić information content (AvgIpc) is 3.22. The Balaban J connectivity index is 1.59. The maximum absolute atomic E-state index is 13.3. The van der Waals surface area contributed by atoms with Crippen LogP contribution in [0.25, 0.3) is 0 Å². The molecule has 148 valence electrons. The predicted molar refractivity (Wildman–Crippen MR) is 97.5 cm³/mol. The largest absolute Gasteiger partial charge is 0.344 e. The van der Waals surface area contributed by atoms with E-state index in [1.165, 1.54) is 27.4 Å². The molecule has 2 fully saturated rings. The van der Waals surface area contributed by atoms with Crippen LogP contribution in [0.4, 0.5) is 10.1 Å². The summed E-state index contributed by atoms with van der Waals surface area (Å²) < 4.78 is 42.0. The second-order valence-electron chi connectivity index (χ2n) is 7.02. The fourth-order valence-corrected chi connectivity index (χ4v) is 4.76. The summed E-state index contributed by atoms with van der Waals surface area (Å²) >= 11 is 0. The molecule has 0 aliphatic carbocycles. The molecule has 0 saturated carbocycles. The van der Waals surface area contributed by atoms with Gasteiger partial charge in [-0.2, -0.15) is 17.4 Å². The van der Waals surface area contributed by atoms with Crippen molar-refractivity contribution in [3.8, 4) is 0 Å². The third-order valence-electron chi connectivity index (χ3n) is 5.01. The topological polar surface area (TPSA) is 98.8 Å². The molecule has 2 N–H and O–H groups in total. The van der Waals surface area contributed by atoms with Gasteiger partial charge in [0.15, 0.2) is 0 Å². The molecular weight excluding hydrogens is 375 g/mol. The molecule has 27 heavy (non-hydrogen) atoms. The van der Waals surface area contributed by atoms with E-state index in [-0.39, 0.29) is 30.7 Å². The fraction of sp³-hybridized carbons (Fsp3) is 0.529. The second kappa shape index (κ2) is 7.53. The highest BCUT2D eigenvalue weighted by Crippen LogP contribution is 2.22. The molecule has 3 rings (SSSR count). The van der Waals surface area contributed by atoms with E-state index in [1.807, 2.05) is 0 Å². The second-order valence-corrected chi connectivity index (χ2v) is 8.72. The zero-order valence-electron chi connectivity index (χ0n) is 15.2. The Kier molecular flexibility index (Phi) is 5.50. The lowest BCUT2D eigenvalue weighted by atomic mass is 10.1. The molecule has 2 saturated heterocycles. The van der Waals surface area contributed by atoms with Crippen molar-refractivity contribution in [2.75, 3.05) is 32.0 Å². The molecule has 2 aliphatic rings. The molecule has 10 heteroatoms. The Hall–Kier alpha value is -2.04. The smallest absolute Gasteiger partial charge is 0.280 e. The first-order chi connectivity index (χ1) is 12.7. The summed E-state index contributed by atoms with van der Waals surface area (Å²) in [5.41, 5.74) is 0.886. The minimum Gasteiger partial charge on any atom is -0.344 e. The van der Waals surface area contributed by atoms with Crippen LogP contribution in [-0.2, 0) is 19.8 Å². The van der Waals surface area contributed by atoms with Gasteiger partial charge in [-0.1, -0.05) is 0 Å². The van der Waals surface area contributed by atoms with Crippen LogP contribution in [0, 0.1) is 18.7 Å². The van der Waals surface area contributed by atoms with Crippen LogP contribution in [-0.4, -0.2) is 62.2 Å². The minimum atomic E-state index is -3.85. The third kappa shape index (κ3) is 4.28. The average molecular weight is 398 g/mol. The lowest BCUT2D eigenvalue weighted by Gasteiger charge is -2.19. The van der Waals surface area contributed by atoms with Gasteiger partial charge in [-0.3, -0.25) is 9.59 Å². The first kappa shape index (κ1) is 19.7. The summed E-state index contributed by atoms with van der Waals surface area (Å²) in [7, 11) is -2.22. The van der Waals surface area contributed by atoms with Crippen LogP contribution in [0.2, 0.25) is 0 Å². The Morgan fingerprint density at radius 1 is 1.26 bits per heavy atom. The van der Waals surface area contributed by atoms with Crippen molar-refractivity contribution in [1.29, 1.82) is 0 Å². The van der Waals surface area contributed by atoms with E-state index in [1.54, 1.807) is 14.0 Å². The van der Waals surface area contributed by atoms with Crippen molar-refractivity contribution in [3.05, 3.63) is 29.6 Å². The number of benzene rings is 1. The van der Waals surface area contributed by atoms with Gasteiger partial charge in [0.1, 0.15) is 11.9 Å². The molecule has 8 nitrogen and oxygen atoms in total. The Labute approximate surface area is 157 Å². The molecule has 0 aromatic heterocycles. The number of carbonyl (C=O) groups excluding carboxylic acids is 2. The monoisotopic (exact) mass is 398 g/mol. The van der Waals surface area contributed by atoms with Gasteiger partial charge in [0.05, 0.1) is 5.92 Å². The number of rotatable bonds is 5. The van der Waals surface area contributed by atoms with Crippen molar-refractivity contribution >= 4 is 27.7 Å². The van der Waals surface area contributed by atoms with Crippen LogP contribution in [0.3, 0.4) is 0 Å². The van der Waals surface area contributed by atoms with Gasteiger partial charge < -0.3 is 10.2 Å². The van der Waals surface area contributed by atoms with Crippen LogP contribution < -0.4 is 10.0 Å². The van der Waals surface area contributed by atoms with E-state index in [9.17, 15) is 22.4 Å². The molecule has 0 bridgehead atoms. The molecule has 2 heterocycles. The van der Waals surface area contributed by atoms with E-state index in [2.05, 4.69) is 10.0 Å². The minimum absolute atomic E-state index is 0.0398. The van der Waals surface area contributed by atoms with E-state index in [0.717, 1.165) is 0 Å². The van der Waals surface area contributed by atoms with Crippen molar-refractivity contribution < 1.29 is 22.4 Å². The number of anilines is 1. The number of nitrogens with zero attached hydrogens (tertiary/aromatic N) is 2. The number of amides is 2. The molecule has 2 amide bonds. The normalized spacial score (nSPS) is 23.8. The van der Waals surface area contributed by atoms with E-state index < -0.39 is 22.2 Å². The Bertz CT molecular complexity index is 860. The lowest BCUT2D eigenvalue weighted by molar-refractivity contribution is -0.128. The van der Waals surface area contributed by atoms with Crippen molar-refractivity contribution in [3.63, 3.8) is 0 Å². The zero-order valence-corrected chi connectivity index (χ0v) is 16.1. The standard InChI is InChI=1S/C17H23FN4O4S/c1-11-9-13(3-4-14(11)18)19-16(23)12-5-8-22(10-12)27(25,26)20-15-6-7-21(2)17(15)24/h3-4,9,12,15,20H,5-8,10H2,1-2H3,(H,19,23). The molecule has 0 radical (unpaired) electrons. The molecule has 2 aliphatic heterocycles. The highest BCUT2D eigenvalue weighted by atomic mass is 32.2. The third-order valence-corrected chi connectivity index (χ3v) is 6.60. The van der Waals surface area contributed by atoms with E-state index in [0.29, 0.717) is 30.6 Å². The summed E-state index contributed by atoms with van der Waals surface area (Å²) in [6.45, 7) is 2.35. The molecule has 2 unspecified atom stereocenters. The van der Waals surface area contributed by atoms with Crippen molar-refractivity contribution in [2.24, 2.45) is 5.92 Å². The number of nitrogens with one attached hydrogen (secondary N) is 2. The van der Waals surface area contributed by atoms with Crippen LogP contribution in [0.1, 0.15) is 18.4 Å². The summed E-state index contributed by atoms with van der Waals surface area (Å²) in [6, 6.07) is 3.51. The number of hydrogen-bond donors (Lipinski definition) is 2. The first-order valence-electron chi connectivity index (χ1n) is 8.77. The summed E-state index contributed by atoms with van der Waals surface area (Å²) in [4.78, 5) is 25.8. The maximum Gasteiger partial charge on any atom is 0.280 e. The number of halogens is 1. The molecule has 0 spiro atoms. The highest BCUT2D eigenvalue weighted by Gasteiger charge is 2.39. The summed E-state index contributed by atoms with van der Waals surface area (Å²) in [5, 5.41) is 2.70. The lowest BCUT2D eigenvalue weighted by Crippen LogP contribution is -2.47. The Morgan fingerprint density at radius 2 is 2.00 bits per heavy atom. The van der Waals surface area contributed by atoms with Gasteiger partial charge in [0, 0.05) is 32.4 Å². The highest BCUT2D eigenvalue weighted by molar-refractivity contribution is 7.87. The first-order valence-corrected chi connectivity index (χ1v) is 10.2. The summed E-state index contributed by atoms with van der Waals surface area (Å²) in [5.74, 6) is -1.42. The van der Waals surface area contributed by atoms with Gasteiger partial charge in [0.25, 0.3) is 10.2 Å². The van der Waals surface area contributed by atoms with Crippen molar-refractivity contribution in [2.45, 2.75) is 25.8 Å². The van der Waals surface area contributed by atoms with Gasteiger partial charge in [-0.05, 0) is 43.5 Å². The Morgan fingerprint density at radius 3 is 2.63 bits per heavy atom. The number of carbonyl (C=O) groups is 2. The molecule has 2 atom stereocenters. The van der Waals surface area contributed by atoms with Crippen LogP contribution >= 0.6 is 0 Å². The zero-order chi connectivity index (χ0) is 19.8. The van der Waals surface area contributed by atoms with Gasteiger partial charge in [-0.15, -0.1) is 0 Å². The van der Waals surface area contributed by atoms with Gasteiger partial charge in [-0.25, -0.2) is 4.39 Å². The number of likely N-dealkylation sites (N-methyl/N-ethyl adjacent to an activating group) is 1. The van der Waals surface area contributed by atoms with E-state index in [4.69, 9.17) is 0 Å². The molecule has 1 aromatic rings. The van der Waals surface area contributed by atoms with Gasteiger partial charge >= 0.3 is 0 Å². The molecular formula is C17H23FN4O4S. The number of aryl methyl sites for hydroxylation is 1. The molecule has 1 aromatic carbocycles. The van der Waals surface area contributed by atoms with E-state index >= 15 is 0 Å². The summed E-state index contributed by atoms with van der Waals surface area (Å²) in [6.07, 6.45) is 0.807. The predicted octanol–water partition coefficient (Wildman–Crippen LogP) is 0.460. The van der Waals surface area contributed by atoms with Crippen LogP contribution in [0.5, 0.6) is 0 Å². The number of hydrogen-bond acceptors (Lipinski definition) is 4. The fourth-order valence-electron chi connectivity index (χ4n) is 3.31. The maximum atomic E-state index is 13.3. The quantitative estimate of drug-likeness (QED) is 0.753. The number of likely N-dealkylation sites (tertiary alicyclic amines) is 1. The SMILES string of the molecule is Cc1cc(NC(=O)C2CCN(S(=O)(=O)NC3CCN(C)C3=O)C2)ccc1F. The van der Waals surface area contributed by atoms with Crippen LogP contribution in [0.15, 0.2) is 18.2 Å². The van der Waals surface area contributed by atoms with Gasteiger partial charge in [0.2, 0.25) is 11.8 Å². The van der Waals surface area contributed by atoms with Crippen molar-refractivity contribution in [1.82, 2.24) is 13.9 Å².